The minimum Gasteiger partial charge on any atom is -0.310 e. The minimum absolute atomic E-state index is 0.0527. The third kappa shape index (κ3) is 5.87. The van der Waals surface area contributed by atoms with Gasteiger partial charge in [-0.1, -0.05) is 141 Å². The average molecular weight is 816 g/mol. The van der Waals surface area contributed by atoms with Crippen molar-refractivity contribution in [3.8, 4) is 39.1 Å². The van der Waals surface area contributed by atoms with Crippen LogP contribution >= 0.6 is 0 Å². The van der Waals surface area contributed by atoms with Crippen molar-refractivity contribution in [1.29, 1.82) is 0 Å². The second-order valence-corrected chi connectivity index (χ2v) is 18.0. The lowest BCUT2D eigenvalue weighted by Crippen LogP contribution is -2.56. The number of aromatic nitrogens is 1. The molecule has 0 saturated heterocycles. The number of nitrogens with zero attached hydrogens (tertiary/aromatic N) is 2. The van der Waals surface area contributed by atoms with Gasteiger partial charge in [-0.25, -0.2) is 0 Å². The molecule has 0 N–H and O–H groups in total. The molecule has 12 rings (SSSR count). The smallest absolute Gasteiger partial charge is 0.113 e. The largest absolute Gasteiger partial charge is 0.310 e. The molecule has 1 aromatic heterocycles. The van der Waals surface area contributed by atoms with Gasteiger partial charge in [0.15, 0.2) is 0 Å². The Morgan fingerprint density at radius 2 is 0.985 bits per heavy atom. The molecule has 65 heavy (non-hydrogen) atoms. The van der Waals surface area contributed by atoms with E-state index in [1.807, 2.05) is 6.07 Å². The first kappa shape index (κ1) is 39.5. The zero-order chi connectivity index (χ0) is 44.3. The maximum atomic E-state index is 6.85. The van der Waals surface area contributed by atoms with Gasteiger partial charge in [0.2, 0.25) is 0 Å². The molecule has 10 aromatic rings. The highest BCUT2D eigenvalue weighted by atomic mass is 15.1. The number of hydrogen-bond donors (Lipinski definition) is 0. The van der Waals surface area contributed by atoms with Crippen molar-refractivity contribution < 1.29 is 0 Å². The van der Waals surface area contributed by atoms with Crippen molar-refractivity contribution >= 4 is 105 Å². The lowest BCUT2D eigenvalue weighted by molar-refractivity contribution is 0.660. The molecule has 1 atom stereocenters. The third-order valence-electron chi connectivity index (χ3n) is 14.2. The summed E-state index contributed by atoms with van der Waals surface area (Å²) in [6.07, 6.45) is 0. The zero-order valence-electron chi connectivity index (χ0n) is 36.2. The zero-order valence-corrected chi connectivity index (χ0v) is 36.2. The molecule has 7 heteroatoms. The summed E-state index contributed by atoms with van der Waals surface area (Å²) in [5.41, 5.74) is 20.3. The van der Waals surface area contributed by atoms with Crippen molar-refractivity contribution in [3.63, 3.8) is 0 Å². The Labute approximate surface area is 387 Å². The Hall–Kier alpha value is -7.10. The van der Waals surface area contributed by atoms with Gasteiger partial charge < -0.3 is 9.47 Å². The monoisotopic (exact) mass is 816 g/mol. The first-order valence-electron chi connectivity index (χ1n) is 22.1. The van der Waals surface area contributed by atoms with Crippen LogP contribution < -0.4 is 32.2 Å². The Morgan fingerprint density at radius 1 is 0.415 bits per heavy atom. The molecule has 0 fully saturated rings. The molecular formula is C58H37B5N2. The Morgan fingerprint density at radius 3 is 1.77 bits per heavy atom. The lowest BCUT2D eigenvalue weighted by Gasteiger charge is -2.29. The summed E-state index contributed by atoms with van der Waals surface area (Å²) in [4.78, 5) is 2.34. The van der Waals surface area contributed by atoms with Crippen LogP contribution in [0.5, 0.6) is 0 Å². The van der Waals surface area contributed by atoms with Crippen molar-refractivity contribution in [3.05, 3.63) is 210 Å². The number of hydrogen-bond acceptors (Lipinski definition) is 1. The molecule has 0 saturated carbocycles. The van der Waals surface area contributed by atoms with Crippen LogP contribution in [0.3, 0.4) is 0 Å². The van der Waals surface area contributed by atoms with Gasteiger partial charge in [0.05, 0.1) is 11.0 Å². The summed E-state index contributed by atoms with van der Waals surface area (Å²) in [6, 6.07) is 65.8. The van der Waals surface area contributed by atoms with Gasteiger partial charge in [0.25, 0.3) is 0 Å². The van der Waals surface area contributed by atoms with Crippen molar-refractivity contribution in [2.24, 2.45) is 0 Å². The second kappa shape index (κ2) is 14.7. The Kier molecular flexibility index (Phi) is 8.95. The predicted octanol–water partition coefficient (Wildman–Crippen LogP) is 9.36. The Balaban J connectivity index is 1.05. The van der Waals surface area contributed by atoms with Crippen LogP contribution in [-0.4, -0.2) is 43.8 Å². The first-order valence-corrected chi connectivity index (χ1v) is 22.1. The molecule has 0 amide bonds. The van der Waals surface area contributed by atoms with Crippen LogP contribution in [-0.2, 0) is 5.41 Å². The SMILES string of the molecule is [B]c1c([B])c([B])c(C2c3ccccc3-c3ccc(N(c4ccc(-c5ccc6c(c5)-c5ccccc5C6(C)C)cc4)c4ccc5c6ccccc6n(-c6ccccc6)c5c4)cc32)c([B])c1[B]. The number of fused-ring (bicyclic) bond motifs is 9. The van der Waals surface area contributed by atoms with Crippen LogP contribution in [0.4, 0.5) is 17.1 Å². The molecule has 0 spiro atoms. The van der Waals surface area contributed by atoms with Crippen molar-refractivity contribution in [2.45, 2.75) is 25.2 Å². The van der Waals surface area contributed by atoms with Gasteiger partial charge in [-0.2, -0.15) is 0 Å². The van der Waals surface area contributed by atoms with Gasteiger partial charge in [-0.3, -0.25) is 0 Å². The fourth-order valence-electron chi connectivity index (χ4n) is 10.9. The van der Waals surface area contributed by atoms with E-state index in [0.717, 1.165) is 61.6 Å². The van der Waals surface area contributed by atoms with E-state index in [-0.39, 0.29) is 27.7 Å². The topological polar surface area (TPSA) is 8.17 Å². The van der Waals surface area contributed by atoms with E-state index in [4.69, 9.17) is 39.2 Å². The highest BCUT2D eigenvalue weighted by Crippen LogP contribution is 2.51. The summed E-state index contributed by atoms with van der Waals surface area (Å²) < 4.78 is 2.36. The molecule has 1 unspecified atom stereocenters. The van der Waals surface area contributed by atoms with Gasteiger partial charge >= 0.3 is 0 Å². The molecule has 0 aliphatic heterocycles. The van der Waals surface area contributed by atoms with E-state index in [2.05, 4.69) is 199 Å². The molecule has 9 aromatic carbocycles. The van der Waals surface area contributed by atoms with Crippen molar-refractivity contribution in [1.82, 2.24) is 4.57 Å². The number of para-hydroxylation sites is 2. The van der Waals surface area contributed by atoms with Crippen LogP contribution in [0.25, 0.3) is 60.9 Å². The van der Waals surface area contributed by atoms with Crippen molar-refractivity contribution in [2.75, 3.05) is 4.90 Å². The summed E-state index contributed by atoms with van der Waals surface area (Å²) in [5.74, 6) is -0.339. The lowest BCUT2D eigenvalue weighted by atomic mass is 9.58. The van der Waals surface area contributed by atoms with E-state index in [9.17, 15) is 0 Å². The summed E-state index contributed by atoms with van der Waals surface area (Å²) in [6.45, 7) is 4.64. The molecule has 2 aliphatic rings. The molecule has 294 valence electrons. The fraction of sp³-hybridized carbons (Fsp3) is 0.0690. The first-order chi connectivity index (χ1) is 31.6. The number of benzene rings is 9. The highest BCUT2D eigenvalue weighted by Gasteiger charge is 2.36. The standard InChI is InChI=1S/C58H37B5N2/c1-58(2)47-18-10-8-15-41(47)45-30-34(22-29-48(45)58)33-20-23-36(24-21-33)64(38-26-28-43-42-16-9-11-19-49(42)65(50(43)32-38)35-12-4-3-5-13-35)37-25-27-40-39-14-6-7-17-44(39)51(46(40)31-37)52-53(59)55(61)57(63)56(62)54(52)60/h3-32,51H,1-2H3. The van der Waals surface area contributed by atoms with E-state index >= 15 is 0 Å². The van der Waals surface area contributed by atoms with Crippen LogP contribution in [0, 0.1) is 0 Å². The number of rotatable bonds is 6. The van der Waals surface area contributed by atoms with Gasteiger partial charge in [0.1, 0.15) is 39.2 Å². The van der Waals surface area contributed by atoms with Gasteiger partial charge in [-0.15, -0.1) is 27.3 Å². The molecule has 2 aliphatic carbocycles. The maximum absolute atomic E-state index is 6.85. The molecule has 10 radical (unpaired) electrons. The van der Waals surface area contributed by atoms with Crippen LogP contribution in [0.1, 0.15) is 47.6 Å². The highest BCUT2D eigenvalue weighted by molar-refractivity contribution is 6.67. The molecular weight excluding hydrogens is 779 g/mol. The van der Waals surface area contributed by atoms with E-state index in [0.29, 0.717) is 16.5 Å². The third-order valence-corrected chi connectivity index (χ3v) is 14.2. The second-order valence-electron chi connectivity index (χ2n) is 18.0. The quantitative estimate of drug-likeness (QED) is 0.152. The average Bonchev–Trinajstić information content (AvgIpc) is 3.93. The summed E-state index contributed by atoms with van der Waals surface area (Å²) >= 11 is 0. The van der Waals surface area contributed by atoms with E-state index in [1.165, 1.54) is 38.6 Å². The van der Waals surface area contributed by atoms with E-state index < -0.39 is 0 Å². The fourth-order valence-corrected chi connectivity index (χ4v) is 10.9. The maximum Gasteiger partial charge on any atom is 0.113 e. The summed E-state index contributed by atoms with van der Waals surface area (Å²) in [7, 11) is 33.1. The number of anilines is 3. The Bertz CT molecular complexity index is 3560. The molecule has 1 heterocycles. The molecule has 2 nitrogen and oxygen atoms in total. The van der Waals surface area contributed by atoms with E-state index in [1.54, 1.807) is 0 Å². The summed E-state index contributed by atoms with van der Waals surface area (Å²) in [5, 5.41) is 2.38. The van der Waals surface area contributed by atoms with Gasteiger partial charge in [-0.05, 0) is 116 Å². The van der Waals surface area contributed by atoms with Gasteiger partial charge in [0, 0.05) is 44.9 Å². The molecule has 0 bridgehead atoms. The van der Waals surface area contributed by atoms with Crippen LogP contribution in [0.15, 0.2) is 182 Å². The van der Waals surface area contributed by atoms with Crippen LogP contribution in [0.2, 0.25) is 0 Å². The normalized spacial score (nSPS) is 14.3. The predicted molar refractivity (Wildman–Crippen MR) is 278 cm³/mol. The minimum atomic E-state index is -0.339.